The minimum absolute atomic E-state index is 0. The lowest BCUT2D eigenvalue weighted by molar-refractivity contribution is -0.146. The first-order valence-electron chi connectivity index (χ1n) is 7.00. The maximum absolute atomic E-state index is 11.5. The highest BCUT2D eigenvalue weighted by Crippen LogP contribution is 2.16. The zero-order valence-electron chi connectivity index (χ0n) is 11.9. The molecule has 1 saturated heterocycles. The molecule has 0 aromatic heterocycles. The summed E-state index contributed by atoms with van der Waals surface area (Å²) in [5, 5.41) is 0. The van der Waals surface area contributed by atoms with Crippen LogP contribution in [0.3, 0.4) is 0 Å². The first kappa shape index (κ1) is 18.3. The number of esters is 1. The molecular weight excluding hydrogens is 358 g/mol. The molecule has 1 fully saturated rings. The Bertz CT molecular complexity index is 421. The van der Waals surface area contributed by atoms with Crippen LogP contribution in [-0.2, 0) is 9.53 Å². The summed E-state index contributed by atoms with van der Waals surface area (Å²) in [6.07, 6.45) is 3.82. The maximum atomic E-state index is 11.5. The van der Waals surface area contributed by atoms with Crippen LogP contribution < -0.4 is 17.1 Å². The lowest BCUT2D eigenvalue weighted by Crippen LogP contribution is -3.00. The minimum atomic E-state index is -0.315. The highest BCUT2D eigenvalue weighted by Gasteiger charge is 2.11. The lowest BCUT2D eigenvalue weighted by Gasteiger charge is -2.25. The van der Waals surface area contributed by atoms with Gasteiger partial charge < -0.3 is 21.9 Å². The fourth-order valence-corrected chi connectivity index (χ4v) is 2.45. The molecule has 0 unspecified atom stereocenters. The van der Waals surface area contributed by atoms with Gasteiger partial charge in [0.15, 0.2) is 6.61 Å². The molecule has 1 aliphatic heterocycles. The highest BCUT2D eigenvalue weighted by atomic mass is 79.9. The number of halogens is 2. The Hall–Kier alpha value is -0.780. The van der Waals surface area contributed by atoms with Gasteiger partial charge in [-0.1, -0.05) is 22.4 Å². The molecule has 2 rings (SSSR count). The monoisotopic (exact) mass is 376 g/mol. The Labute approximate surface area is 140 Å². The van der Waals surface area contributed by atoms with E-state index in [4.69, 9.17) is 9.47 Å². The van der Waals surface area contributed by atoms with Crippen LogP contribution in [0.5, 0.6) is 5.75 Å². The Morgan fingerprint density at radius 1 is 1.14 bits per heavy atom. The Morgan fingerprint density at radius 3 is 2.48 bits per heavy atom. The topological polar surface area (TPSA) is 38.8 Å². The number of likely N-dealkylation sites (tertiary alicyclic amines) is 1. The molecule has 118 valence electrons. The third-order valence-electron chi connectivity index (χ3n) is 3.29. The first-order valence-corrected chi connectivity index (χ1v) is 7.80. The van der Waals surface area contributed by atoms with Crippen LogP contribution in [0.4, 0.5) is 0 Å². The van der Waals surface area contributed by atoms with Crippen molar-refractivity contribution in [2.45, 2.75) is 19.3 Å². The van der Waals surface area contributed by atoms with Gasteiger partial charge in [0.2, 0.25) is 0 Å². The Morgan fingerprint density at radius 2 is 1.81 bits per heavy atom. The van der Waals surface area contributed by atoms with Crippen molar-refractivity contribution in [3.63, 3.8) is 0 Å². The van der Waals surface area contributed by atoms with Gasteiger partial charge in [0.1, 0.15) is 12.4 Å². The van der Waals surface area contributed by atoms with Gasteiger partial charge in [0.25, 0.3) is 0 Å². The summed E-state index contributed by atoms with van der Waals surface area (Å²) < 4.78 is 11.5. The van der Waals surface area contributed by atoms with Crippen molar-refractivity contribution in [1.82, 2.24) is 4.90 Å². The third-order valence-corrected chi connectivity index (χ3v) is 3.82. The summed E-state index contributed by atoms with van der Waals surface area (Å²) >= 11 is 3.35. The van der Waals surface area contributed by atoms with E-state index in [1.165, 1.54) is 19.3 Å². The van der Waals surface area contributed by atoms with Crippen molar-refractivity contribution in [3.8, 4) is 5.75 Å². The van der Waals surface area contributed by atoms with E-state index in [1.807, 2.05) is 24.3 Å². The van der Waals surface area contributed by atoms with Crippen LogP contribution in [-0.4, -0.2) is 43.7 Å². The molecule has 0 atom stereocenters. The molecule has 0 bridgehead atoms. The molecule has 1 heterocycles. The van der Waals surface area contributed by atoms with Crippen molar-refractivity contribution in [2.24, 2.45) is 0 Å². The van der Waals surface area contributed by atoms with Gasteiger partial charge in [-0.05, 0) is 50.2 Å². The Kier molecular flexibility index (Phi) is 8.73. The SMILES string of the molecule is O=C(COc1ccc(Br)cc1)OCCN1CCCCC1.[Cl-]. The summed E-state index contributed by atoms with van der Waals surface area (Å²) in [5.41, 5.74) is 0. The molecule has 21 heavy (non-hydrogen) atoms. The molecule has 4 nitrogen and oxygen atoms in total. The Balaban J connectivity index is 0.00000220. The molecule has 6 heteroatoms. The zero-order chi connectivity index (χ0) is 14.2. The summed E-state index contributed by atoms with van der Waals surface area (Å²) in [6, 6.07) is 7.37. The van der Waals surface area contributed by atoms with Crippen molar-refractivity contribution < 1.29 is 26.7 Å². The van der Waals surface area contributed by atoms with E-state index in [0.29, 0.717) is 12.4 Å². The molecule has 1 aliphatic rings. The van der Waals surface area contributed by atoms with Crippen LogP contribution in [0, 0.1) is 0 Å². The number of benzene rings is 1. The van der Waals surface area contributed by atoms with Gasteiger partial charge in [0, 0.05) is 11.0 Å². The van der Waals surface area contributed by atoms with Gasteiger partial charge in [-0.15, -0.1) is 0 Å². The van der Waals surface area contributed by atoms with E-state index in [1.54, 1.807) is 0 Å². The van der Waals surface area contributed by atoms with E-state index < -0.39 is 0 Å². The summed E-state index contributed by atoms with van der Waals surface area (Å²) in [4.78, 5) is 13.9. The second-order valence-corrected chi connectivity index (χ2v) is 5.78. The average molecular weight is 378 g/mol. The number of hydrogen-bond acceptors (Lipinski definition) is 4. The van der Waals surface area contributed by atoms with E-state index in [0.717, 1.165) is 24.1 Å². The fourth-order valence-electron chi connectivity index (χ4n) is 2.19. The van der Waals surface area contributed by atoms with E-state index in [2.05, 4.69) is 20.8 Å². The third kappa shape index (κ3) is 7.16. The molecule has 1 aromatic rings. The van der Waals surface area contributed by atoms with E-state index in [-0.39, 0.29) is 25.0 Å². The number of ether oxygens (including phenoxy) is 2. The number of carbonyl (C=O) groups excluding carboxylic acids is 1. The molecular formula is C15H20BrClNO3-. The normalized spacial score (nSPS) is 15.1. The van der Waals surface area contributed by atoms with Gasteiger partial charge in [0.05, 0.1) is 0 Å². The summed E-state index contributed by atoms with van der Waals surface area (Å²) in [5.74, 6) is 0.353. The number of piperidine rings is 1. The van der Waals surface area contributed by atoms with Crippen molar-refractivity contribution in [3.05, 3.63) is 28.7 Å². The molecule has 0 amide bonds. The quantitative estimate of drug-likeness (QED) is 0.647. The second-order valence-electron chi connectivity index (χ2n) is 4.87. The summed E-state index contributed by atoms with van der Waals surface area (Å²) in [6.45, 7) is 3.47. The zero-order valence-corrected chi connectivity index (χ0v) is 14.2. The van der Waals surface area contributed by atoms with Crippen molar-refractivity contribution in [2.75, 3.05) is 32.8 Å². The predicted molar refractivity (Wildman–Crippen MR) is 80.9 cm³/mol. The van der Waals surface area contributed by atoms with Gasteiger partial charge >= 0.3 is 5.97 Å². The molecule has 0 radical (unpaired) electrons. The first-order chi connectivity index (χ1) is 9.74. The van der Waals surface area contributed by atoms with Crippen molar-refractivity contribution >= 4 is 21.9 Å². The highest BCUT2D eigenvalue weighted by molar-refractivity contribution is 9.10. The molecule has 0 N–H and O–H groups in total. The molecule has 0 saturated carbocycles. The average Bonchev–Trinajstić information content (AvgIpc) is 2.48. The van der Waals surface area contributed by atoms with E-state index >= 15 is 0 Å². The molecule has 1 aromatic carbocycles. The van der Waals surface area contributed by atoms with Gasteiger partial charge in [-0.2, -0.15) is 0 Å². The minimum Gasteiger partial charge on any atom is -1.00 e. The van der Waals surface area contributed by atoms with Crippen molar-refractivity contribution in [1.29, 1.82) is 0 Å². The van der Waals surface area contributed by atoms with Crippen LogP contribution >= 0.6 is 15.9 Å². The van der Waals surface area contributed by atoms with Gasteiger partial charge in [-0.3, -0.25) is 4.90 Å². The van der Waals surface area contributed by atoms with Crippen LogP contribution in [0.15, 0.2) is 28.7 Å². The van der Waals surface area contributed by atoms with E-state index in [9.17, 15) is 4.79 Å². The largest absolute Gasteiger partial charge is 1.00 e. The number of carbonyl (C=O) groups is 1. The molecule has 0 aliphatic carbocycles. The number of rotatable bonds is 6. The maximum Gasteiger partial charge on any atom is 0.344 e. The van der Waals surface area contributed by atoms with Gasteiger partial charge in [-0.25, -0.2) is 4.79 Å². The lowest BCUT2D eigenvalue weighted by atomic mass is 10.1. The number of nitrogens with zero attached hydrogens (tertiary/aromatic N) is 1. The smallest absolute Gasteiger partial charge is 0.344 e. The fraction of sp³-hybridized carbons (Fsp3) is 0.533. The molecule has 0 spiro atoms. The van der Waals surface area contributed by atoms with Crippen LogP contribution in [0.1, 0.15) is 19.3 Å². The number of hydrogen-bond donors (Lipinski definition) is 0. The predicted octanol–water partition coefficient (Wildman–Crippen LogP) is -0.139. The van der Waals surface area contributed by atoms with Crippen LogP contribution in [0.2, 0.25) is 0 Å². The summed E-state index contributed by atoms with van der Waals surface area (Å²) in [7, 11) is 0. The standard InChI is InChI=1S/C15H20BrNO3.ClH/c16-13-4-6-14(7-5-13)20-12-15(18)19-11-10-17-8-2-1-3-9-17;/h4-7H,1-3,8-12H2;1H/p-1. The second kappa shape index (κ2) is 10.0. The van der Waals surface area contributed by atoms with Crippen LogP contribution in [0.25, 0.3) is 0 Å².